The number of aromatic nitrogens is 2. The minimum atomic E-state index is 0.968. The summed E-state index contributed by atoms with van der Waals surface area (Å²) >= 11 is 0. The second-order valence-electron chi connectivity index (χ2n) is 10.2. The van der Waals surface area contributed by atoms with Crippen LogP contribution in [0.3, 0.4) is 0 Å². The van der Waals surface area contributed by atoms with Crippen LogP contribution in [0.15, 0.2) is 146 Å². The van der Waals surface area contributed by atoms with Crippen LogP contribution in [0.1, 0.15) is 0 Å². The van der Waals surface area contributed by atoms with Gasteiger partial charge in [-0.3, -0.25) is 0 Å². The topological polar surface area (TPSA) is 17.3 Å². The molecule has 0 radical (unpaired) electrons. The molecule has 182 valence electrons. The third kappa shape index (κ3) is 3.86. The number of rotatable bonds is 3. The van der Waals surface area contributed by atoms with Crippen molar-refractivity contribution in [2.45, 2.75) is 0 Å². The standard InChI is InChI=1S/C37H24N2/c1-3-9-27-17-30(15-13-25(27)7-1)33-19-34(31-16-14-26-8-2-4-10-28(26)18-31)21-35(20-33)37-23-36-22-29-11-5-6-12-32(29)24-39(36)38-37/h1-24H. The SMILES string of the molecule is c1ccc2cc(-c3cc(-c4ccc5ccccc5c4)cc(-c4cc5cc6ccccc6cn5n4)c3)ccc2c1. The molecule has 0 saturated heterocycles. The maximum atomic E-state index is 5.02. The zero-order valence-corrected chi connectivity index (χ0v) is 21.3. The molecule has 0 aliphatic heterocycles. The Labute approximate surface area is 226 Å². The number of fused-ring (bicyclic) bond motifs is 4. The van der Waals surface area contributed by atoms with Crippen molar-refractivity contribution in [2.75, 3.05) is 0 Å². The third-order valence-electron chi connectivity index (χ3n) is 7.72. The molecule has 0 fully saturated rings. The Bertz CT molecular complexity index is 2030. The second-order valence-corrected chi connectivity index (χ2v) is 10.2. The first-order valence-electron chi connectivity index (χ1n) is 13.3. The normalized spacial score (nSPS) is 11.6. The monoisotopic (exact) mass is 496 g/mol. The lowest BCUT2D eigenvalue weighted by Gasteiger charge is -2.11. The van der Waals surface area contributed by atoms with Gasteiger partial charge in [-0.1, -0.05) is 97.1 Å². The molecular formula is C37H24N2. The van der Waals surface area contributed by atoms with Gasteiger partial charge in [0.15, 0.2) is 0 Å². The smallest absolute Gasteiger partial charge is 0.0934 e. The van der Waals surface area contributed by atoms with Crippen molar-refractivity contribution in [1.82, 2.24) is 9.61 Å². The summed E-state index contributed by atoms with van der Waals surface area (Å²) in [5, 5.41) is 12.4. The lowest BCUT2D eigenvalue weighted by Crippen LogP contribution is -1.89. The van der Waals surface area contributed by atoms with Gasteiger partial charge >= 0.3 is 0 Å². The zero-order chi connectivity index (χ0) is 25.8. The van der Waals surface area contributed by atoms with E-state index in [9.17, 15) is 0 Å². The molecule has 0 amide bonds. The van der Waals surface area contributed by atoms with Crippen LogP contribution in [-0.4, -0.2) is 9.61 Å². The van der Waals surface area contributed by atoms with Gasteiger partial charge in [-0.2, -0.15) is 5.10 Å². The summed E-state index contributed by atoms with van der Waals surface area (Å²) in [4.78, 5) is 0. The summed E-state index contributed by atoms with van der Waals surface area (Å²) in [6.07, 6.45) is 2.12. The molecule has 8 rings (SSSR count). The van der Waals surface area contributed by atoms with Crippen molar-refractivity contribution in [3.05, 3.63) is 146 Å². The molecule has 0 unspecified atom stereocenters. The van der Waals surface area contributed by atoms with Gasteiger partial charge in [0.1, 0.15) is 0 Å². The van der Waals surface area contributed by atoms with E-state index in [0.717, 1.165) is 16.8 Å². The number of nitrogens with zero attached hydrogens (tertiary/aromatic N) is 2. The van der Waals surface area contributed by atoms with E-state index in [2.05, 4.69) is 146 Å². The van der Waals surface area contributed by atoms with Crippen LogP contribution in [0.4, 0.5) is 0 Å². The summed E-state index contributed by atoms with van der Waals surface area (Å²) < 4.78 is 2.00. The molecule has 0 spiro atoms. The first-order chi connectivity index (χ1) is 19.3. The molecule has 8 aromatic rings. The fourth-order valence-electron chi connectivity index (χ4n) is 5.66. The second kappa shape index (κ2) is 8.68. The Morgan fingerprint density at radius 2 is 0.846 bits per heavy atom. The maximum Gasteiger partial charge on any atom is 0.0934 e. The quantitative estimate of drug-likeness (QED) is 0.238. The lowest BCUT2D eigenvalue weighted by molar-refractivity contribution is 0.974. The first kappa shape index (κ1) is 21.8. The van der Waals surface area contributed by atoms with Crippen LogP contribution in [0, 0.1) is 0 Å². The largest absolute Gasteiger partial charge is 0.240 e. The molecule has 0 saturated carbocycles. The van der Waals surface area contributed by atoms with Crippen molar-refractivity contribution in [3.63, 3.8) is 0 Å². The van der Waals surface area contributed by atoms with Crippen molar-refractivity contribution in [1.29, 1.82) is 0 Å². The molecule has 0 atom stereocenters. The fourth-order valence-corrected chi connectivity index (χ4v) is 5.66. The first-order valence-corrected chi connectivity index (χ1v) is 13.3. The Balaban J connectivity index is 1.34. The molecule has 6 aromatic carbocycles. The Morgan fingerprint density at radius 1 is 0.359 bits per heavy atom. The average Bonchev–Trinajstić information content (AvgIpc) is 3.42. The molecule has 2 heteroatoms. The summed E-state index contributed by atoms with van der Waals surface area (Å²) in [6.45, 7) is 0. The molecule has 0 bridgehead atoms. The highest BCUT2D eigenvalue weighted by Crippen LogP contribution is 2.35. The van der Waals surface area contributed by atoms with Crippen LogP contribution in [0.25, 0.3) is 71.3 Å². The van der Waals surface area contributed by atoms with Gasteiger partial charge in [0.05, 0.1) is 11.2 Å². The van der Waals surface area contributed by atoms with E-state index in [4.69, 9.17) is 5.10 Å². The minimum absolute atomic E-state index is 0.968. The van der Waals surface area contributed by atoms with Crippen molar-refractivity contribution in [2.24, 2.45) is 0 Å². The highest BCUT2D eigenvalue weighted by Gasteiger charge is 2.12. The fraction of sp³-hybridized carbons (Fsp3) is 0. The molecular weight excluding hydrogens is 472 g/mol. The highest BCUT2D eigenvalue weighted by atomic mass is 15.2. The number of benzene rings is 6. The molecule has 2 heterocycles. The van der Waals surface area contributed by atoms with E-state index in [-0.39, 0.29) is 0 Å². The van der Waals surface area contributed by atoms with E-state index in [1.165, 1.54) is 54.6 Å². The Morgan fingerprint density at radius 3 is 1.44 bits per heavy atom. The summed E-state index contributed by atoms with van der Waals surface area (Å²) in [7, 11) is 0. The van der Waals surface area contributed by atoms with Crippen LogP contribution in [0.2, 0.25) is 0 Å². The van der Waals surface area contributed by atoms with E-state index in [0.29, 0.717) is 0 Å². The molecule has 2 aromatic heterocycles. The van der Waals surface area contributed by atoms with E-state index < -0.39 is 0 Å². The van der Waals surface area contributed by atoms with Crippen molar-refractivity contribution in [3.8, 4) is 33.5 Å². The van der Waals surface area contributed by atoms with Crippen molar-refractivity contribution >= 4 is 37.8 Å². The minimum Gasteiger partial charge on any atom is -0.240 e. The summed E-state index contributed by atoms with van der Waals surface area (Å²) in [6, 6.07) is 50.2. The van der Waals surface area contributed by atoms with Gasteiger partial charge in [-0.25, -0.2) is 4.52 Å². The third-order valence-corrected chi connectivity index (χ3v) is 7.72. The van der Waals surface area contributed by atoms with Gasteiger partial charge < -0.3 is 0 Å². The predicted molar refractivity (Wildman–Crippen MR) is 164 cm³/mol. The molecule has 0 aliphatic rings. The summed E-state index contributed by atoms with van der Waals surface area (Å²) in [5.74, 6) is 0. The van der Waals surface area contributed by atoms with Gasteiger partial charge in [0.2, 0.25) is 0 Å². The molecule has 2 nitrogen and oxygen atoms in total. The van der Waals surface area contributed by atoms with Gasteiger partial charge in [0.25, 0.3) is 0 Å². The number of hydrogen-bond donors (Lipinski definition) is 0. The van der Waals surface area contributed by atoms with Crippen molar-refractivity contribution < 1.29 is 0 Å². The van der Waals surface area contributed by atoms with Gasteiger partial charge in [0, 0.05) is 17.1 Å². The zero-order valence-electron chi connectivity index (χ0n) is 21.3. The molecule has 39 heavy (non-hydrogen) atoms. The van der Waals surface area contributed by atoms with E-state index in [1.54, 1.807) is 0 Å². The Kier molecular flexibility index (Phi) is 4.86. The lowest BCUT2D eigenvalue weighted by atomic mass is 9.93. The summed E-state index contributed by atoms with van der Waals surface area (Å²) in [5.41, 5.74) is 7.94. The predicted octanol–water partition coefficient (Wildman–Crippen LogP) is 9.79. The van der Waals surface area contributed by atoms with Gasteiger partial charge in [-0.05, 0) is 91.6 Å². The maximum absolute atomic E-state index is 5.02. The van der Waals surface area contributed by atoms with Crippen LogP contribution in [-0.2, 0) is 0 Å². The Hall–Kier alpha value is -5.21. The van der Waals surface area contributed by atoms with Crippen LogP contribution in [0.5, 0.6) is 0 Å². The molecule has 0 N–H and O–H groups in total. The average molecular weight is 497 g/mol. The van der Waals surface area contributed by atoms with E-state index in [1.807, 2.05) is 4.52 Å². The number of hydrogen-bond acceptors (Lipinski definition) is 1. The molecule has 0 aliphatic carbocycles. The highest BCUT2D eigenvalue weighted by molar-refractivity contribution is 5.92. The van der Waals surface area contributed by atoms with E-state index >= 15 is 0 Å². The van der Waals surface area contributed by atoms with Crippen LogP contribution >= 0.6 is 0 Å². The van der Waals surface area contributed by atoms with Crippen LogP contribution < -0.4 is 0 Å². The van der Waals surface area contributed by atoms with Gasteiger partial charge in [-0.15, -0.1) is 0 Å². The number of pyridine rings is 1.